The number of halogens is 1. The first-order valence-electron chi connectivity index (χ1n) is 10.2. The lowest BCUT2D eigenvalue weighted by Crippen LogP contribution is -2.48. The molecule has 0 N–H and O–H groups in total. The summed E-state index contributed by atoms with van der Waals surface area (Å²) >= 11 is 2.56. The molecule has 0 bridgehead atoms. The van der Waals surface area contributed by atoms with Crippen molar-refractivity contribution in [2.75, 3.05) is 4.43 Å². The predicted octanol–water partition coefficient (Wildman–Crippen LogP) is 7.05. The molecule has 2 saturated carbocycles. The first kappa shape index (κ1) is 20.2. The first-order valence-corrected chi connectivity index (χ1v) is 14.3. The topological polar surface area (TPSA) is 9.23 Å². The molecule has 2 fully saturated rings. The monoisotopic (exact) mass is 450 g/mol. The number of rotatable bonds is 8. The van der Waals surface area contributed by atoms with Crippen molar-refractivity contribution in [1.29, 1.82) is 0 Å². The number of fused-ring (bicyclic) bond motifs is 1. The van der Waals surface area contributed by atoms with E-state index in [1.807, 2.05) is 0 Å². The third kappa shape index (κ3) is 4.02. The van der Waals surface area contributed by atoms with Gasteiger partial charge >= 0.3 is 0 Å². The molecule has 0 aromatic heterocycles. The molecule has 1 nitrogen and oxygen atoms in total. The highest BCUT2D eigenvalue weighted by Gasteiger charge is 2.53. The van der Waals surface area contributed by atoms with E-state index in [1.54, 1.807) is 0 Å². The maximum Gasteiger partial charge on any atom is 0.192 e. The molecule has 0 saturated heterocycles. The van der Waals surface area contributed by atoms with Crippen LogP contribution in [0.15, 0.2) is 0 Å². The molecule has 23 heavy (non-hydrogen) atoms. The average Bonchev–Trinajstić information content (AvgIpc) is 2.91. The highest BCUT2D eigenvalue weighted by molar-refractivity contribution is 14.1. The van der Waals surface area contributed by atoms with Crippen molar-refractivity contribution in [2.24, 2.45) is 23.2 Å². The second-order valence-electron chi connectivity index (χ2n) is 8.54. The Kier molecular flexibility index (Phi) is 7.50. The Morgan fingerprint density at radius 3 is 2.35 bits per heavy atom. The standard InChI is InChI=1S/C20H39IOSi/c1-6-23(7-2,8-3)22-19-10-9-14-20(5)17(11-12-18(19)20)16(4)13-15-21/h16-19H,6-15H2,1-5H3/t16-,17-,18+,19+,20-/m1/s1. The first-order chi connectivity index (χ1) is 11.0. The summed E-state index contributed by atoms with van der Waals surface area (Å²) in [6, 6.07) is 3.90. The molecule has 2 aliphatic carbocycles. The minimum Gasteiger partial charge on any atom is -0.414 e. The van der Waals surface area contributed by atoms with Gasteiger partial charge in [0.2, 0.25) is 0 Å². The van der Waals surface area contributed by atoms with E-state index in [1.165, 1.54) is 61.1 Å². The van der Waals surface area contributed by atoms with Gasteiger partial charge in [0, 0.05) is 6.10 Å². The van der Waals surface area contributed by atoms with E-state index in [4.69, 9.17) is 4.43 Å². The Morgan fingerprint density at radius 2 is 1.78 bits per heavy atom. The number of hydrogen-bond donors (Lipinski definition) is 0. The van der Waals surface area contributed by atoms with Crippen molar-refractivity contribution >= 4 is 30.9 Å². The minimum atomic E-state index is -1.46. The molecular formula is C20H39IOSi. The third-order valence-electron chi connectivity index (χ3n) is 7.72. The van der Waals surface area contributed by atoms with Crippen molar-refractivity contribution in [2.45, 2.75) is 97.4 Å². The Morgan fingerprint density at radius 1 is 1.13 bits per heavy atom. The Hall–Kier alpha value is 0.907. The molecule has 0 aliphatic heterocycles. The van der Waals surface area contributed by atoms with Crippen molar-refractivity contribution < 1.29 is 4.43 Å². The lowest BCUT2D eigenvalue weighted by molar-refractivity contribution is -0.0195. The van der Waals surface area contributed by atoms with Crippen LogP contribution in [-0.2, 0) is 4.43 Å². The van der Waals surface area contributed by atoms with Gasteiger partial charge in [-0.15, -0.1) is 0 Å². The molecule has 5 atom stereocenters. The smallest absolute Gasteiger partial charge is 0.192 e. The van der Waals surface area contributed by atoms with Crippen molar-refractivity contribution in [1.82, 2.24) is 0 Å². The zero-order chi connectivity index (χ0) is 17.1. The van der Waals surface area contributed by atoms with Crippen molar-refractivity contribution in [3.05, 3.63) is 0 Å². The van der Waals surface area contributed by atoms with Crippen molar-refractivity contribution in [3.8, 4) is 0 Å². The van der Waals surface area contributed by atoms with Crippen LogP contribution >= 0.6 is 22.6 Å². The predicted molar refractivity (Wildman–Crippen MR) is 113 cm³/mol. The van der Waals surface area contributed by atoms with E-state index in [9.17, 15) is 0 Å². The van der Waals surface area contributed by atoms with Crippen LogP contribution in [-0.4, -0.2) is 18.8 Å². The molecule has 0 spiro atoms. The summed E-state index contributed by atoms with van der Waals surface area (Å²) in [5.41, 5.74) is 0.559. The lowest BCUT2D eigenvalue weighted by Gasteiger charge is -2.49. The fraction of sp³-hybridized carbons (Fsp3) is 1.00. The summed E-state index contributed by atoms with van der Waals surface area (Å²) in [6.45, 7) is 12.3. The summed E-state index contributed by atoms with van der Waals surface area (Å²) in [5.74, 6) is 2.68. The molecule has 3 heteroatoms. The van der Waals surface area contributed by atoms with Gasteiger partial charge in [-0.1, -0.05) is 63.6 Å². The van der Waals surface area contributed by atoms with E-state index < -0.39 is 8.32 Å². The van der Waals surface area contributed by atoms with E-state index in [-0.39, 0.29) is 0 Å². The molecule has 0 heterocycles. The lowest BCUT2D eigenvalue weighted by atomic mass is 9.61. The van der Waals surface area contributed by atoms with Crippen LogP contribution < -0.4 is 0 Å². The number of hydrogen-bond acceptors (Lipinski definition) is 1. The summed E-state index contributed by atoms with van der Waals surface area (Å²) in [6.07, 6.45) is 9.05. The fourth-order valence-electron chi connectivity index (χ4n) is 5.93. The molecular weight excluding hydrogens is 411 g/mol. The molecule has 0 aromatic rings. The van der Waals surface area contributed by atoms with Gasteiger partial charge in [0.25, 0.3) is 0 Å². The van der Waals surface area contributed by atoms with Gasteiger partial charge in [-0.05, 0) is 77.8 Å². The maximum absolute atomic E-state index is 7.03. The summed E-state index contributed by atoms with van der Waals surface area (Å²) in [7, 11) is -1.46. The highest BCUT2D eigenvalue weighted by atomic mass is 127. The summed E-state index contributed by atoms with van der Waals surface area (Å²) < 4.78 is 8.34. The molecule has 2 rings (SSSR count). The van der Waals surface area contributed by atoms with E-state index >= 15 is 0 Å². The third-order valence-corrected chi connectivity index (χ3v) is 13.0. The van der Waals surface area contributed by atoms with Crippen LogP contribution in [0, 0.1) is 23.2 Å². The van der Waals surface area contributed by atoms with Crippen LogP contribution in [0.2, 0.25) is 18.1 Å². The van der Waals surface area contributed by atoms with Gasteiger partial charge in [0.05, 0.1) is 0 Å². The molecule has 136 valence electrons. The van der Waals surface area contributed by atoms with Crippen LogP contribution in [0.5, 0.6) is 0 Å². The summed E-state index contributed by atoms with van der Waals surface area (Å²) in [4.78, 5) is 0. The van der Waals surface area contributed by atoms with Crippen LogP contribution in [0.4, 0.5) is 0 Å². The second kappa shape index (κ2) is 8.53. The molecule has 0 radical (unpaired) electrons. The van der Waals surface area contributed by atoms with Crippen LogP contribution in [0.3, 0.4) is 0 Å². The Bertz CT molecular complexity index is 362. The van der Waals surface area contributed by atoms with E-state index in [0.29, 0.717) is 11.5 Å². The van der Waals surface area contributed by atoms with Gasteiger partial charge in [-0.3, -0.25) is 0 Å². The van der Waals surface area contributed by atoms with Gasteiger partial charge in [0.1, 0.15) is 0 Å². The summed E-state index contributed by atoms with van der Waals surface area (Å²) in [5, 5.41) is 0. The van der Waals surface area contributed by atoms with Gasteiger partial charge in [-0.25, -0.2) is 0 Å². The zero-order valence-corrected chi connectivity index (χ0v) is 19.3. The van der Waals surface area contributed by atoms with E-state index in [0.717, 1.165) is 17.8 Å². The minimum absolute atomic E-state index is 0.559. The average molecular weight is 451 g/mol. The molecule has 0 amide bonds. The highest BCUT2D eigenvalue weighted by Crippen LogP contribution is 2.59. The normalized spacial score (nSPS) is 36.0. The van der Waals surface area contributed by atoms with Crippen LogP contribution in [0.1, 0.15) is 73.1 Å². The van der Waals surface area contributed by atoms with Crippen molar-refractivity contribution in [3.63, 3.8) is 0 Å². The Balaban J connectivity index is 2.14. The van der Waals surface area contributed by atoms with E-state index in [2.05, 4.69) is 57.2 Å². The van der Waals surface area contributed by atoms with Gasteiger partial charge in [0.15, 0.2) is 8.32 Å². The molecule has 0 aromatic carbocycles. The Labute approximate surface area is 160 Å². The SMILES string of the molecule is CC[Si](CC)(CC)O[C@H]1CCC[C@]2(C)[C@@H]([C@H](C)CCI)CC[C@@H]12. The second-order valence-corrected chi connectivity index (χ2v) is 14.3. The maximum atomic E-state index is 7.03. The number of alkyl halides is 1. The largest absolute Gasteiger partial charge is 0.414 e. The quantitative estimate of drug-likeness (QED) is 0.219. The van der Waals surface area contributed by atoms with Gasteiger partial charge < -0.3 is 4.43 Å². The van der Waals surface area contributed by atoms with Gasteiger partial charge in [-0.2, -0.15) is 0 Å². The molecule has 0 unspecified atom stereocenters. The van der Waals surface area contributed by atoms with Crippen LogP contribution in [0.25, 0.3) is 0 Å². The molecule has 2 aliphatic rings. The fourth-order valence-corrected chi connectivity index (χ4v) is 9.84. The zero-order valence-electron chi connectivity index (χ0n) is 16.2.